The number of Topliss-reactive ketones (excluding diaryl/α,β-unsaturated/α-hetero) is 1. The lowest BCUT2D eigenvalue weighted by molar-refractivity contribution is -0.119. The quantitative estimate of drug-likeness (QED) is 0.898. The smallest absolute Gasteiger partial charge is 0.371 e. The van der Waals surface area contributed by atoms with Crippen LogP contribution in [0.4, 0.5) is 0 Å². The topological polar surface area (TPSA) is 72.5 Å². The van der Waals surface area contributed by atoms with E-state index in [4.69, 9.17) is 4.18 Å². The van der Waals surface area contributed by atoms with E-state index >= 15 is 0 Å². The molecule has 5 nitrogen and oxygen atoms in total. The van der Waals surface area contributed by atoms with E-state index in [1.807, 2.05) is 6.92 Å². The van der Waals surface area contributed by atoms with Crippen LogP contribution in [0.2, 0.25) is 0 Å². The summed E-state index contributed by atoms with van der Waals surface area (Å²) in [5.41, 5.74) is 0.710. The summed E-state index contributed by atoms with van der Waals surface area (Å²) in [6.45, 7) is 2.01. The van der Waals surface area contributed by atoms with Crippen molar-refractivity contribution in [3.63, 3.8) is 0 Å². The van der Waals surface area contributed by atoms with Crippen molar-refractivity contribution in [3.8, 4) is 5.75 Å². The first-order valence-corrected chi connectivity index (χ1v) is 7.75. The largest absolute Gasteiger partial charge is 0.383 e. The number of unbranched alkanes of at least 4 members (excludes halogenated alkanes) is 1. The van der Waals surface area contributed by atoms with E-state index in [0.29, 0.717) is 17.7 Å². The monoisotopic (exact) mass is 283 g/mol. The third-order valence-corrected chi connectivity index (χ3v) is 3.99. The summed E-state index contributed by atoms with van der Waals surface area (Å²) in [4.78, 5) is 11.8. The summed E-state index contributed by atoms with van der Waals surface area (Å²) >= 11 is 0. The molecule has 1 aromatic carbocycles. The third-order valence-electron chi connectivity index (χ3n) is 3.02. The Balaban J connectivity index is 2.18. The predicted octanol–water partition coefficient (Wildman–Crippen LogP) is 2.10. The summed E-state index contributed by atoms with van der Waals surface area (Å²) < 4.78 is 30.4. The molecule has 0 fully saturated rings. The van der Waals surface area contributed by atoms with Gasteiger partial charge in [0, 0.05) is 18.4 Å². The van der Waals surface area contributed by atoms with E-state index in [-0.39, 0.29) is 12.2 Å². The van der Waals surface area contributed by atoms with E-state index in [1.165, 1.54) is 0 Å². The fraction of sp³-hybridized carbons (Fsp3) is 0.462. The molecule has 1 N–H and O–H groups in total. The Morgan fingerprint density at radius 3 is 2.84 bits per heavy atom. The molecule has 0 radical (unpaired) electrons. The fourth-order valence-electron chi connectivity index (χ4n) is 2.08. The Bertz CT molecular complexity index is 568. The zero-order valence-electron chi connectivity index (χ0n) is 10.8. The molecule has 2 rings (SSSR count). The number of hydrogen-bond acceptors (Lipinski definition) is 4. The first-order chi connectivity index (χ1) is 9.02. The van der Waals surface area contributed by atoms with Crippen molar-refractivity contribution in [2.24, 2.45) is 0 Å². The SMILES string of the molecule is CCCCC(=O)C[C@@H]1NS(=O)(=O)Oc2ccccc21. The van der Waals surface area contributed by atoms with Gasteiger partial charge in [-0.25, -0.2) is 0 Å². The molecule has 1 aliphatic heterocycles. The minimum Gasteiger partial charge on any atom is -0.371 e. The normalized spacial score (nSPS) is 20.4. The molecule has 0 amide bonds. The molecule has 0 saturated carbocycles. The second-order valence-electron chi connectivity index (χ2n) is 4.59. The van der Waals surface area contributed by atoms with Gasteiger partial charge in [0.25, 0.3) is 0 Å². The third kappa shape index (κ3) is 3.54. The number of rotatable bonds is 5. The van der Waals surface area contributed by atoms with Crippen LogP contribution in [0.3, 0.4) is 0 Å². The van der Waals surface area contributed by atoms with Gasteiger partial charge in [-0.15, -0.1) is 0 Å². The van der Waals surface area contributed by atoms with E-state index in [1.54, 1.807) is 24.3 Å². The van der Waals surface area contributed by atoms with E-state index in [0.717, 1.165) is 12.8 Å². The average Bonchev–Trinajstić information content (AvgIpc) is 2.35. The van der Waals surface area contributed by atoms with E-state index in [9.17, 15) is 13.2 Å². The van der Waals surface area contributed by atoms with Crippen molar-refractivity contribution < 1.29 is 17.4 Å². The lowest BCUT2D eigenvalue weighted by Crippen LogP contribution is -2.37. The van der Waals surface area contributed by atoms with Gasteiger partial charge in [0.2, 0.25) is 0 Å². The summed E-state index contributed by atoms with van der Waals surface area (Å²) in [6.07, 6.45) is 2.43. The van der Waals surface area contributed by atoms with Gasteiger partial charge in [-0.05, 0) is 12.5 Å². The van der Waals surface area contributed by atoms with Crippen LogP contribution >= 0.6 is 0 Å². The maximum absolute atomic E-state index is 11.8. The van der Waals surface area contributed by atoms with Gasteiger partial charge in [-0.1, -0.05) is 31.5 Å². The molecule has 1 aromatic rings. The molecule has 0 aromatic heterocycles. The molecule has 104 valence electrons. The van der Waals surface area contributed by atoms with Gasteiger partial charge >= 0.3 is 10.3 Å². The summed E-state index contributed by atoms with van der Waals surface area (Å²) in [6, 6.07) is 6.34. The molecule has 19 heavy (non-hydrogen) atoms. The second kappa shape index (κ2) is 5.71. The molecule has 6 heteroatoms. The minimum absolute atomic E-state index is 0.0613. The number of hydrogen-bond donors (Lipinski definition) is 1. The second-order valence-corrected chi connectivity index (χ2v) is 5.90. The molecular formula is C13H17NO4S. The highest BCUT2D eigenvalue weighted by Gasteiger charge is 2.31. The molecule has 1 aliphatic rings. The van der Waals surface area contributed by atoms with Crippen LogP contribution < -0.4 is 8.91 Å². The van der Waals surface area contributed by atoms with Crippen molar-refractivity contribution in [2.45, 2.75) is 38.6 Å². The van der Waals surface area contributed by atoms with Crippen LogP contribution in [-0.2, 0) is 15.1 Å². The van der Waals surface area contributed by atoms with Gasteiger partial charge in [0.1, 0.15) is 11.5 Å². The molecule has 1 atom stereocenters. The number of nitrogens with one attached hydrogen (secondary N) is 1. The first-order valence-electron chi connectivity index (χ1n) is 6.34. The van der Waals surface area contributed by atoms with Gasteiger partial charge < -0.3 is 4.18 Å². The first kappa shape index (κ1) is 14.0. The minimum atomic E-state index is -3.81. The molecule has 0 aliphatic carbocycles. The van der Waals surface area contributed by atoms with Crippen molar-refractivity contribution >= 4 is 16.1 Å². The van der Waals surface area contributed by atoms with Gasteiger partial charge in [-0.2, -0.15) is 13.1 Å². The number of para-hydroxylation sites is 1. The number of benzene rings is 1. The van der Waals surface area contributed by atoms with Gasteiger partial charge in [-0.3, -0.25) is 4.79 Å². The van der Waals surface area contributed by atoms with Crippen molar-refractivity contribution in [2.75, 3.05) is 0 Å². The zero-order chi connectivity index (χ0) is 13.9. The molecule has 0 unspecified atom stereocenters. The Labute approximate surface area is 113 Å². The molecule has 0 bridgehead atoms. The zero-order valence-corrected chi connectivity index (χ0v) is 11.6. The Morgan fingerprint density at radius 1 is 1.37 bits per heavy atom. The van der Waals surface area contributed by atoms with Crippen LogP contribution in [-0.4, -0.2) is 14.2 Å². The molecular weight excluding hydrogens is 266 g/mol. The number of carbonyl (C=O) groups is 1. The van der Waals surface area contributed by atoms with Crippen LogP contribution in [0.25, 0.3) is 0 Å². The lowest BCUT2D eigenvalue weighted by atomic mass is 9.99. The van der Waals surface area contributed by atoms with E-state index in [2.05, 4.69) is 4.72 Å². The average molecular weight is 283 g/mol. The summed E-state index contributed by atoms with van der Waals surface area (Å²) in [5.74, 6) is 0.362. The van der Waals surface area contributed by atoms with Crippen LogP contribution in [0.5, 0.6) is 5.75 Å². The summed E-state index contributed by atoms with van der Waals surface area (Å²) in [5, 5.41) is 0. The van der Waals surface area contributed by atoms with Crippen molar-refractivity contribution in [3.05, 3.63) is 29.8 Å². The Kier molecular flexibility index (Phi) is 4.21. The lowest BCUT2D eigenvalue weighted by Gasteiger charge is -2.25. The predicted molar refractivity (Wildman–Crippen MR) is 71.0 cm³/mol. The van der Waals surface area contributed by atoms with Crippen LogP contribution in [0, 0.1) is 0 Å². The highest BCUT2D eigenvalue weighted by molar-refractivity contribution is 7.85. The molecule has 0 spiro atoms. The standard InChI is InChI=1S/C13H17NO4S/c1-2-3-6-10(15)9-12-11-7-4-5-8-13(11)18-19(16,17)14-12/h4-5,7-8,12,14H,2-3,6,9H2,1H3/t12-/m0/s1. The van der Waals surface area contributed by atoms with Gasteiger partial charge in [0.05, 0.1) is 6.04 Å². The molecule has 0 saturated heterocycles. The van der Waals surface area contributed by atoms with E-state index < -0.39 is 16.3 Å². The maximum atomic E-state index is 11.8. The highest BCUT2D eigenvalue weighted by atomic mass is 32.2. The maximum Gasteiger partial charge on any atom is 0.383 e. The number of ketones is 1. The van der Waals surface area contributed by atoms with Crippen LogP contribution in [0.1, 0.15) is 44.2 Å². The van der Waals surface area contributed by atoms with Crippen molar-refractivity contribution in [1.82, 2.24) is 4.72 Å². The van der Waals surface area contributed by atoms with Crippen molar-refractivity contribution in [1.29, 1.82) is 0 Å². The highest BCUT2D eigenvalue weighted by Crippen LogP contribution is 2.33. The van der Waals surface area contributed by atoms with Crippen LogP contribution in [0.15, 0.2) is 24.3 Å². The Hall–Kier alpha value is -1.40. The number of fused-ring (bicyclic) bond motifs is 1. The number of carbonyl (C=O) groups excluding carboxylic acids is 1. The van der Waals surface area contributed by atoms with Gasteiger partial charge in [0.15, 0.2) is 0 Å². The Morgan fingerprint density at radius 2 is 2.11 bits per heavy atom. The molecule has 1 heterocycles. The fourth-order valence-corrected chi connectivity index (χ4v) is 3.07. The summed E-state index contributed by atoms with van der Waals surface area (Å²) in [7, 11) is -3.81.